The molecule has 2 amide bonds. The standard InChI is InChI=1S/C23H20N4O3S/c1-14-12-16(15(2)26(14)18-8-10-24-11-9-18)13-20-21(28)25-23(31)27(22(20)29)17-4-6-19(30-3)7-5-17/h4-13H,1-3H3,(H,25,28,31). The molecule has 1 aliphatic heterocycles. The largest absolute Gasteiger partial charge is 0.497 e. The quantitative estimate of drug-likeness (QED) is 0.389. The zero-order valence-corrected chi connectivity index (χ0v) is 18.1. The fraction of sp³-hybridized carbons (Fsp3) is 0.130. The second-order valence-corrected chi connectivity index (χ2v) is 7.41. The van der Waals surface area contributed by atoms with Crippen molar-refractivity contribution in [1.29, 1.82) is 0 Å². The van der Waals surface area contributed by atoms with Crippen LogP contribution in [0.15, 0.2) is 60.4 Å². The number of thiocarbonyl (C=S) groups is 1. The summed E-state index contributed by atoms with van der Waals surface area (Å²) in [5.41, 5.74) is 4.16. The van der Waals surface area contributed by atoms with Crippen molar-refractivity contribution in [3.05, 3.63) is 77.4 Å². The predicted molar refractivity (Wildman–Crippen MR) is 122 cm³/mol. The van der Waals surface area contributed by atoms with Crippen LogP contribution in [0.1, 0.15) is 17.0 Å². The number of hydrogen-bond donors (Lipinski definition) is 1. The van der Waals surface area contributed by atoms with Gasteiger partial charge in [0, 0.05) is 29.5 Å². The third-order valence-corrected chi connectivity index (χ3v) is 5.41. The van der Waals surface area contributed by atoms with Gasteiger partial charge in [0.1, 0.15) is 11.3 Å². The maximum atomic E-state index is 13.2. The van der Waals surface area contributed by atoms with Gasteiger partial charge in [0.15, 0.2) is 5.11 Å². The van der Waals surface area contributed by atoms with Crippen molar-refractivity contribution in [2.45, 2.75) is 13.8 Å². The Bertz CT molecular complexity index is 1210. The van der Waals surface area contributed by atoms with E-state index in [1.165, 1.54) is 4.90 Å². The number of carbonyl (C=O) groups is 2. The summed E-state index contributed by atoms with van der Waals surface area (Å²) >= 11 is 5.26. The highest BCUT2D eigenvalue weighted by Gasteiger charge is 2.34. The molecule has 2 aromatic heterocycles. The monoisotopic (exact) mass is 432 g/mol. The van der Waals surface area contributed by atoms with Crippen LogP contribution >= 0.6 is 12.2 Å². The fourth-order valence-electron chi connectivity index (χ4n) is 3.60. The lowest BCUT2D eigenvalue weighted by Gasteiger charge is -2.29. The number of ether oxygens (including phenoxy) is 1. The molecule has 0 spiro atoms. The van der Waals surface area contributed by atoms with Gasteiger partial charge in [0.05, 0.1) is 12.8 Å². The lowest BCUT2D eigenvalue weighted by atomic mass is 10.1. The summed E-state index contributed by atoms with van der Waals surface area (Å²) in [7, 11) is 1.56. The highest BCUT2D eigenvalue weighted by atomic mass is 32.1. The van der Waals surface area contributed by atoms with Crippen molar-refractivity contribution in [3.8, 4) is 11.4 Å². The van der Waals surface area contributed by atoms with Crippen LogP contribution in [0.5, 0.6) is 5.75 Å². The number of anilines is 1. The van der Waals surface area contributed by atoms with Crippen LogP contribution in [-0.2, 0) is 9.59 Å². The fourth-order valence-corrected chi connectivity index (χ4v) is 3.88. The van der Waals surface area contributed by atoms with Crippen molar-refractivity contribution >= 4 is 40.9 Å². The average molecular weight is 433 g/mol. The second kappa shape index (κ2) is 8.16. The minimum atomic E-state index is -0.520. The van der Waals surface area contributed by atoms with E-state index in [0.29, 0.717) is 11.4 Å². The molecule has 0 unspecified atom stereocenters. The number of nitrogens with zero attached hydrogens (tertiary/aromatic N) is 3. The maximum absolute atomic E-state index is 13.2. The molecule has 1 aliphatic rings. The molecular formula is C23H20N4O3S. The van der Waals surface area contributed by atoms with Crippen molar-refractivity contribution in [1.82, 2.24) is 14.9 Å². The molecule has 0 aliphatic carbocycles. The summed E-state index contributed by atoms with van der Waals surface area (Å²) in [6, 6.07) is 12.6. The molecule has 0 bridgehead atoms. The van der Waals surface area contributed by atoms with Crippen LogP contribution < -0.4 is 15.0 Å². The molecule has 8 heteroatoms. The summed E-state index contributed by atoms with van der Waals surface area (Å²) in [5, 5.41) is 2.65. The molecule has 1 aromatic carbocycles. The molecule has 0 radical (unpaired) electrons. The highest BCUT2D eigenvalue weighted by molar-refractivity contribution is 7.80. The summed E-state index contributed by atoms with van der Waals surface area (Å²) in [6.45, 7) is 3.91. The molecule has 1 saturated heterocycles. The molecule has 4 rings (SSSR count). The second-order valence-electron chi connectivity index (χ2n) is 7.02. The van der Waals surface area contributed by atoms with E-state index in [-0.39, 0.29) is 10.7 Å². The Hall–Kier alpha value is -3.78. The molecule has 156 valence electrons. The van der Waals surface area contributed by atoms with Gasteiger partial charge in [-0.1, -0.05) is 0 Å². The normalized spacial score (nSPS) is 15.4. The van der Waals surface area contributed by atoms with E-state index in [0.717, 1.165) is 22.6 Å². The first-order valence-corrected chi connectivity index (χ1v) is 9.96. The van der Waals surface area contributed by atoms with Gasteiger partial charge >= 0.3 is 0 Å². The Morgan fingerprint density at radius 3 is 2.35 bits per heavy atom. The van der Waals surface area contributed by atoms with Crippen LogP contribution in [0.25, 0.3) is 11.8 Å². The number of aryl methyl sites for hydroxylation is 1. The summed E-state index contributed by atoms with van der Waals surface area (Å²) in [6.07, 6.45) is 5.05. The first-order chi connectivity index (χ1) is 14.9. The van der Waals surface area contributed by atoms with E-state index in [4.69, 9.17) is 17.0 Å². The smallest absolute Gasteiger partial charge is 0.270 e. The van der Waals surface area contributed by atoms with Gasteiger partial charge in [-0.2, -0.15) is 0 Å². The average Bonchev–Trinajstić information content (AvgIpc) is 3.05. The van der Waals surface area contributed by atoms with Crippen LogP contribution in [0.3, 0.4) is 0 Å². The molecule has 0 atom stereocenters. The van der Waals surface area contributed by atoms with Gasteiger partial charge in [-0.25, -0.2) is 0 Å². The van der Waals surface area contributed by atoms with Crippen LogP contribution in [0.4, 0.5) is 5.69 Å². The molecule has 7 nitrogen and oxygen atoms in total. The third kappa shape index (κ3) is 3.73. The first-order valence-electron chi connectivity index (χ1n) is 9.55. The Morgan fingerprint density at radius 1 is 1.03 bits per heavy atom. The van der Waals surface area contributed by atoms with E-state index >= 15 is 0 Å². The number of aromatic nitrogens is 2. The summed E-state index contributed by atoms with van der Waals surface area (Å²) in [4.78, 5) is 31.2. The number of hydrogen-bond acceptors (Lipinski definition) is 5. The Balaban J connectivity index is 1.74. The van der Waals surface area contributed by atoms with Gasteiger partial charge < -0.3 is 9.30 Å². The van der Waals surface area contributed by atoms with E-state index in [1.54, 1.807) is 49.8 Å². The van der Waals surface area contributed by atoms with Crippen LogP contribution in [0, 0.1) is 13.8 Å². The molecule has 3 aromatic rings. The minimum absolute atomic E-state index is 0.0133. The number of benzene rings is 1. The van der Waals surface area contributed by atoms with Gasteiger partial charge in [-0.15, -0.1) is 0 Å². The van der Waals surface area contributed by atoms with E-state index in [2.05, 4.69) is 10.3 Å². The molecule has 1 N–H and O–H groups in total. The Kier molecular flexibility index (Phi) is 5.39. The summed E-state index contributed by atoms with van der Waals surface area (Å²) in [5.74, 6) is -0.344. The zero-order chi connectivity index (χ0) is 22.1. The minimum Gasteiger partial charge on any atom is -0.497 e. The van der Waals surface area contributed by atoms with Crippen molar-refractivity contribution in [2.75, 3.05) is 12.0 Å². The first kappa shape index (κ1) is 20.5. The van der Waals surface area contributed by atoms with Gasteiger partial charge in [-0.05, 0) is 80.2 Å². The van der Waals surface area contributed by atoms with Crippen molar-refractivity contribution < 1.29 is 14.3 Å². The van der Waals surface area contributed by atoms with Crippen molar-refractivity contribution in [3.63, 3.8) is 0 Å². The molecule has 1 fully saturated rings. The van der Waals surface area contributed by atoms with E-state index in [1.807, 2.05) is 36.6 Å². The van der Waals surface area contributed by atoms with E-state index < -0.39 is 11.8 Å². The van der Waals surface area contributed by atoms with Gasteiger partial charge in [0.25, 0.3) is 11.8 Å². The van der Waals surface area contributed by atoms with Gasteiger partial charge in [-0.3, -0.25) is 24.8 Å². The van der Waals surface area contributed by atoms with E-state index in [9.17, 15) is 9.59 Å². The third-order valence-electron chi connectivity index (χ3n) is 5.12. The SMILES string of the molecule is COc1ccc(N2C(=O)C(=Cc3cc(C)n(-c4ccncc4)c3C)C(=O)NC2=S)cc1. The maximum Gasteiger partial charge on any atom is 0.270 e. The van der Waals surface area contributed by atoms with Crippen LogP contribution in [-0.4, -0.2) is 33.6 Å². The lowest BCUT2D eigenvalue weighted by Crippen LogP contribution is -2.54. The zero-order valence-electron chi connectivity index (χ0n) is 17.2. The predicted octanol–water partition coefficient (Wildman–Crippen LogP) is 3.33. The highest BCUT2D eigenvalue weighted by Crippen LogP contribution is 2.27. The number of amides is 2. The molecule has 3 heterocycles. The lowest BCUT2D eigenvalue weighted by molar-refractivity contribution is -0.122. The molecular weight excluding hydrogens is 412 g/mol. The molecule has 0 saturated carbocycles. The molecule has 31 heavy (non-hydrogen) atoms. The van der Waals surface area contributed by atoms with Gasteiger partial charge in [0.2, 0.25) is 0 Å². The number of nitrogens with one attached hydrogen (secondary N) is 1. The van der Waals surface area contributed by atoms with Crippen LogP contribution in [0.2, 0.25) is 0 Å². The number of pyridine rings is 1. The number of carbonyl (C=O) groups excluding carboxylic acids is 2. The Morgan fingerprint density at radius 2 is 1.71 bits per heavy atom. The topological polar surface area (TPSA) is 76.5 Å². The number of rotatable bonds is 4. The number of methoxy groups -OCH3 is 1. The van der Waals surface area contributed by atoms with Crippen molar-refractivity contribution in [2.24, 2.45) is 0 Å². The Labute approximate surface area is 185 Å². The summed E-state index contributed by atoms with van der Waals surface area (Å²) < 4.78 is 7.21.